The van der Waals surface area contributed by atoms with Gasteiger partial charge in [0.1, 0.15) is 6.04 Å². The first kappa shape index (κ1) is 16.0. The second kappa shape index (κ2) is 9.80. The van der Waals surface area contributed by atoms with Crippen LogP contribution in [0.4, 0.5) is 0 Å². The Hall–Kier alpha value is -1.08. The van der Waals surface area contributed by atoms with Gasteiger partial charge >= 0.3 is 0 Å². The van der Waals surface area contributed by atoms with E-state index >= 15 is 0 Å². The summed E-state index contributed by atoms with van der Waals surface area (Å²) in [6.45, 7) is 1.15. The zero-order valence-electron chi connectivity index (χ0n) is 10.7. The molecule has 1 aromatic carbocycles. The minimum atomic E-state index is -0.662. The third kappa shape index (κ3) is 7.17. The molecule has 0 spiro atoms. The number of carbonyl (C=O) groups excluding carboxylic acids is 1. The van der Waals surface area contributed by atoms with Crippen molar-refractivity contribution in [2.75, 3.05) is 18.9 Å². The zero-order valence-corrected chi connectivity index (χ0v) is 11.6. The number of ether oxygens (including phenoxy) is 1. The van der Waals surface area contributed by atoms with E-state index in [0.717, 1.165) is 17.6 Å². The van der Waals surface area contributed by atoms with Crippen LogP contribution in [0.15, 0.2) is 30.3 Å². The van der Waals surface area contributed by atoms with Crippen LogP contribution >= 0.6 is 12.0 Å². The van der Waals surface area contributed by atoms with E-state index in [1.54, 1.807) is 0 Å². The van der Waals surface area contributed by atoms with Crippen molar-refractivity contribution < 1.29 is 14.1 Å². The van der Waals surface area contributed by atoms with Gasteiger partial charge in [-0.2, -0.15) is 0 Å². The number of benzene rings is 1. The molecule has 1 aromatic rings. The third-order valence-electron chi connectivity index (χ3n) is 2.46. The van der Waals surface area contributed by atoms with Crippen LogP contribution in [0.2, 0.25) is 0 Å². The molecule has 0 aliphatic carbocycles. The molecule has 0 heterocycles. The Morgan fingerprint density at radius 2 is 2.16 bits per heavy atom. The van der Waals surface area contributed by atoms with E-state index in [-0.39, 0.29) is 12.5 Å². The summed E-state index contributed by atoms with van der Waals surface area (Å²) in [4.78, 5) is 11.6. The van der Waals surface area contributed by atoms with E-state index < -0.39 is 6.04 Å². The predicted octanol–water partition coefficient (Wildman–Crippen LogP) is 1.24. The number of nitrogens with one attached hydrogen (secondary N) is 1. The van der Waals surface area contributed by atoms with Gasteiger partial charge in [0.15, 0.2) is 0 Å². The molecular weight excluding hydrogens is 264 g/mol. The summed E-state index contributed by atoms with van der Waals surface area (Å²) in [5.41, 5.74) is 6.76. The average molecular weight is 284 g/mol. The van der Waals surface area contributed by atoms with Crippen molar-refractivity contribution >= 4 is 17.9 Å². The normalized spacial score (nSPS) is 12.1. The summed E-state index contributed by atoms with van der Waals surface area (Å²) >= 11 is 0.766. The number of amides is 1. The van der Waals surface area contributed by atoms with Crippen molar-refractivity contribution in [2.45, 2.75) is 19.1 Å². The molecule has 5 nitrogen and oxygen atoms in total. The van der Waals surface area contributed by atoms with Gasteiger partial charge < -0.3 is 20.3 Å². The van der Waals surface area contributed by atoms with Gasteiger partial charge in [0.25, 0.3) is 0 Å². The molecule has 6 heteroatoms. The Morgan fingerprint density at radius 3 is 2.84 bits per heavy atom. The molecule has 0 saturated carbocycles. The zero-order chi connectivity index (χ0) is 13.9. The Morgan fingerprint density at radius 1 is 1.42 bits per heavy atom. The highest BCUT2D eigenvalue weighted by Gasteiger charge is 2.12. The van der Waals surface area contributed by atoms with Crippen molar-refractivity contribution in [3.05, 3.63) is 35.9 Å². The van der Waals surface area contributed by atoms with E-state index in [2.05, 4.69) is 5.32 Å². The molecule has 1 rings (SSSR count). The van der Waals surface area contributed by atoms with E-state index in [0.29, 0.717) is 25.3 Å². The highest BCUT2D eigenvalue weighted by molar-refractivity contribution is 7.93. The molecule has 0 aliphatic rings. The summed E-state index contributed by atoms with van der Waals surface area (Å²) in [6.07, 6.45) is 0.713. The largest absolute Gasteiger partial charge is 0.375 e. The molecule has 0 bridgehead atoms. The van der Waals surface area contributed by atoms with Gasteiger partial charge in [0.05, 0.1) is 13.2 Å². The smallest absolute Gasteiger partial charge is 0.239 e. The maximum Gasteiger partial charge on any atom is 0.239 e. The molecule has 0 radical (unpaired) electrons. The molecule has 0 aromatic heterocycles. The van der Waals surface area contributed by atoms with Gasteiger partial charge in [-0.1, -0.05) is 30.3 Å². The third-order valence-corrected chi connectivity index (χ3v) is 2.93. The quantitative estimate of drug-likeness (QED) is 0.469. The summed E-state index contributed by atoms with van der Waals surface area (Å²) in [5.74, 6) is 0.371. The van der Waals surface area contributed by atoms with E-state index in [9.17, 15) is 4.79 Å². The van der Waals surface area contributed by atoms with Crippen molar-refractivity contribution in [2.24, 2.45) is 5.73 Å². The van der Waals surface area contributed by atoms with Gasteiger partial charge in [-0.05, 0) is 24.0 Å². The molecule has 1 unspecified atom stereocenters. The fraction of sp³-hybridized carbons (Fsp3) is 0.462. The van der Waals surface area contributed by atoms with E-state index in [1.807, 2.05) is 30.3 Å². The summed E-state index contributed by atoms with van der Waals surface area (Å²) in [6, 6.07) is 9.06. The van der Waals surface area contributed by atoms with Crippen LogP contribution < -0.4 is 11.1 Å². The second-order valence-electron chi connectivity index (χ2n) is 4.09. The number of nitrogens with two attached hydrogens (primary N) is 1. The Labute approximate surface area is 117 Å². The maximum absolute atomic E-state index is 11.6. The van der Waals surface area contributed by atoms with Gasteiger partial charge in [-0.3, -0.25) is 4.79 Å². The molecule has 1 atom stereocenters. The Balaban J connectivity index is 2.12. The minimum Gasteiger partial charge on any atom is -0.375 e. The van der Waals surface area contributed by atoms with E-state index in [4.69, 9.17) is 15.0 Å². The molecule has 1 amide bonds. The van der Waals surface area contributed by atoms with Crippen LogP contribution in [0.5, 0.6) is 0 Å². The molecule has 0 fully saturated rings. The predicted molar refractivity (Wildman–Crippen MR) is 76.8 cm³/mol. The SMILES string of the molecule is NC(COCc1ccccc1)C(=O)NCCCSO. The minimum absolute atomic E-state index is 0.190. The van der Waals surface area contributed by atoms with Crippen LogP contribution in [-0.2, 0) is 16.1 Å². The second-order valence-corrected chi connectivity index (χ2v) is 4.75. The summed E-state index contributed by atoms with van der Waals surface area (Å²) in [5, 5.41) is 2.70. The fourth-order valence-corrected chi connectivity index (χ4v) is 1.71. The Bertz CT molecular complexity index is 362. The molecular formula is C13H20N2O3S. The van der Waals surface area contributed by atoms with Crippen molar-refractivity contribution in [1.29, 1.82) is 0 Å². The first-order chi connectivity index (χ1) is 9.24. The highest BCUT2D eigenvalue weighted by Crippen LogP contribution is 2.00. The molecule has 19 heavy (non-hydrogen) atoms. The van der Waals surface area contributed by atoms with Crippen LogP contribution in [0.25, 0.3) is 0 Å². The number of rotatable bonds is 9. The van der Waals surface area contributed by atoms with Gasteiger partial charge in [0, 0.05) is 12.3 Å². The van der Waals surface area contributed by atoms with Gasteiger partial charge in [0.2, 0.25) is 5.91 Å². The fourth-order valence-electron chi connectivity index (χ4n) is 1.43. The lowest BCUT2D eigenvalue weighted by Gasteiger charge is -2.12. The number of carbonyl (C=O) groups is 1. The van der Waals surface area contributed by atoms with Crippen molar-refractivity contribution in [3.8, 4) is 0 Å². The van der Waals surface area contributed by atoms with Crippen molar-refractivity contribution in [1.82, 2.24) is 5.32 Å². The monoisotopic (exact) mass is 284 g/mol. The topological polar surface area (TPSA) is 84.6 Å². The number of hydrogen-bond donors (Lipinski definition) is 3. The molecule has 0 aliphatic heterocycles. The van der Waals surface area contributed by atoms with Gasteiger partial charge in [-0.25, -0.2) is 0 Å². The molecule has 4 N–H and O–H groups in total. The first-order valence-corrected chi connectivity index (χ1v) is 7.09. The Kier molecular flexibility index (Phi) is 8.24. The van der Waals surface area contributed by atoms with Crippen molar-refractivity contribution in [3.63, 3.8) is 0 Å². The number of hydrogen-bond acceptors (Lipinski definition) is 5. The van der Waals surface area contributed by atoms with Crippen LogP contribution in [0, 0.1) is 0 Å². The average Bonchev–Trinajstić information content (AvgIpc) is 2.44. The van der Waals surface area contributed by atoms with Crippen LogP contribution in [-0.4, -0.2) is 35.4 Å². The first-order valence-electron chi connectivity index (χ1n) is 6.15. The van der Waals surface area contributed by atoms with Crippen LogP contribution in [0.3, 0.4) is 0 Å². The lowest BCUT2D eigenvalue weighted by Crippen LogP contribution is -2.44. The molecule has 106 valence electrons. The standard InChI is InChI=1S/C13H20N2O3S/c14-12(13(16)15-7-4-8-19-17)10-18-9-11-5-2-1-3-6-11/h1-3,5-6,12,17H,4,7-10,14H2,(H,15,16). The highest BCUT2D eigenvalue weighted by atomic mass is 32.2. The maximum atomic E-state index is 11.6. The van der Waals surface area contributed by atoms with Gasteiger partial charge in [-0.15, -0.1) is 0 Å². The molecule has 0 saturated heterocycles. The lowest BCUT2D eigenvalue weighted by atomic mass is 10.2. The lowest BCUT2D eigenvalue weighted by molar-refractivity contribution is -0.123. The van der Waals surface area contributed by atoms with Crippen LogP contribution in [0.1, 0.15) is 12.0 Å². The summed E-state index contributed by atoms with van der Waals surface area (Å²) < 4.78 is 13.9. The summed E-state index contributed by atoms with van der Waals surface area (Å²) in [7, 11) is 0. The van der Waals surface area contributed by atoms with E-state index in [1.165, 1.54) is 0 Å².